The summed E-state index contributed by atoms with van der Waals surface area (Å²) in [6.45, 7) is 5.04. The van der Waals surface area contributed by atoms with Crippen LogP contribution in [0.4, 0.5) is 0 Å². The first-order valence-corrected chi connectivity index (χ1v) is 10.7. The monoisotopic (exact) mass is 312 g/mol. The molecule has 4 rings (SSSR count). The van der Waals surface area contributed by atoms with Crippen molar-refractivity contribution in [3.05, 3.63) is 22.3 Å². The summed E-state index contributed by atoms with van der Waals surface area (Å²) in [5.41, 5.74) is 8.34. The summed E-state index contributed by atoms with van der Waals surface area (Å²) < 4.78 is 0. The third kappa shape index (κ3) is 2.47. The molecule has 128 valence electrons. The second-order valence-electron chi connectivity index (χ2n) is 8.79. The highest BCUT2D eigenvalue weighted by molar-refractivity contribution is 5.33. The van der Waals surface area contributed by atoms with Gasteiger partial charge < -0.3 is 0 Å². The Balaban J connectivity index is 1.70. The van der Waals surface area contributed by atoms with E-state index in [0.717, 1.165) is 11.8 Å². The average Bonchev–Trinajstić information content (AvgIpc) is 3.23. The number of hydrogen-bond donors (Lipinski definition) is 0. The zero-order chi connectivity index (χ0) is 15.9. The standard InChI is InChI=1S/C23H36/c1-3-23(4-2,21-15-13-17-9-5-7-11-19(17)21)22-16-14-18-10-6-8-12-20(18)22/h21-22H,3-16H2,1-2H3/t21-,22-/m0/s1. The number of allylic oxidation sites excluding steroid dienone is 4. The summed E-state index contributed by atoms with van der Waals surface area (Å²) in [6, 6.07) is 0. The molecule has 0 aromatic heterocycles. The summed E-state index contributed by atoms with van der Waals surface area (Å²) in [6.07, 6.45) is 20.3. The minimum atomic E-state index is 0.600. The molecule has 0 N–H and O–H groups in total. The predicted octanol–water partition coefficient (Wildman–Crippen LogP) is 7.35. The first-order valence-electron chi connectivity index (χ1n) is 10.7. The topological polar surface area (TPSA) is 0 Å². The molecule has 23 heavy (non-hydrogen) atoms. The second-order valence-corrected chi connectivity index (χ2v) is 8.79. The molecule has 0 aromatic rings. The molecule has 0 amide bonds. The van der Waals surface area contributed by atoms with E-state index < -0.39 is 0 Å². The Morgan fingerprint density at radius 1 is 0.652 bits per heavy atom. The summed E-state index contributed by atoms with van der Waals surface area (Å²) in [5.74, 6) is 1.87. The van der Waals surface area contributed by atoms with E-state index in [1.165, 1.54) is 89.9 Å². The maximum atomic E-state index is 2.52. The fourth-order valence-electron chi connectivity index (χ4n) is 7.13. The summed E-state index contributed by atoms with van der Waals surface area (Å²) >= 11 is 0. The van der Waals surface area contributed by atoms with E-state index in [-0.39, 0.29) is 0 Å². The highest BCUT2D eigenvalue weighted by Crippen LogP contribution is 2.60. The van der Waals surface area contributed by atoms with Gasteiger partial charge in [0.2, 0.25) is 0 Å². The summed E-state index contributed by atoms with van der Waals surface area (Å²) in [4.78, 5) is 0. The molecule has 0 heteroatoms. The third-order valence-electron chi connectivity index (χ3n) is 8.27. The molecule has 0 saturated heterocycles. The Labute approximate surface area is 143 Å². The summed E-state index contributed by atoms with van der Waals surface area (Å²) in [5, 5.41) is 0. The van der Waals surface area contributed by atoms with Crippen LogP contribution in [0.25, 0.3) is 0 Å². The van der Waals surface area contributed by atoms with Crippen LogP contribution in [0.15, 0.2) is 22.3 Å². The van der Waals surface area contributed by atoms with Crippen LogP contribution in [-0.2, 0) is 0 Å². The molecule has 0 nitrogen and oxygen atoms in total. The molecule has 0 aliphatic heterocycles. The molecule has 0 heterocycles. The quantitative estimate of drug-likeness (QED) is 0.476. The van der Waals surface area contributed by atoms with E-state index in [2.05, 4.69) is 13.8 Å². The van der Waals surface area contributed by atoms with Crippen LogP contribution in [-0.4, -0.2) is 0 Å². The van der Waals surface area contributed by atoms with Crippen molar-refractivity contribution in [3.8, 4) is 0 Å². The van der Waals surface area contributed by atoms with E-state index >= 15 is 0 Å². The van der Waals surface area contributed by atoms with Gasteiger partial charge in [-0.1, -0.05) is 36.1 Å². The van der Waals surface area contributed by atoms with Crippen molar-refractivity contribution < 1.29 is 0 Å². The number of hydrogen-bond acceptors (Lipinski definition) is 0. The van der Waals surface area contributed by atoms with Crippen LogP contribution in [0.2, 0.25) is 0 Å². The molecule has 4 aliphatic carbocycles. The van der Waals surface area contributed by atoms with Crippen LogP contribution in [0.3, 0.4) is 0 Å². The zero-order valence-corrected chi connectivity index (χ0v) is 15.6. The lowest BCUT2D eigenvalue weighted by Gasteiger charge is -2.46. The number of rotatable bonds is 4. The van der Waals surface area contributed by atoms with Crippen LogP contribution in [0.5, 0.6) is 0 Å². The van der Waals surface area contributed by atoms with Crippen molar-refractivity contribution in [3.63, 3.8) is 0 Å². The van der Waals surface area contributed by atoms with Gasteiger partial charge in [0.1, 0.15) is 0 Å². The second kappa shape index (κ2) is 6.41. The predicted molar refractivity (Wildman–Crippen MR) is 99.5 cm³/mol. The molecular formula is C23H36. The van der Waals surface area contributed by atoms with Gasteiger partial charge in [0.15, 0.2) is 0 Å². The van der Waals surface area contributed by atoms with Crippen LogP contribution in [0.1, 0.15) is 104 Å². The van der Waals surface area contributed by atoms with Crippen molar-refractivity contribution in [2.45, 2.75) is 104 Å². The molecule has 0 unspecified atom stereocenters. The van der Waals surface area contributed by atoms with E-state index in [9.17, 15) is 0 Å². The van der Waals surface area contributed by atoms with E-state index in [4.69, 9.17) is 0 Å². The van der Waals surface area contributed by atoms with Gasteiger partial charge in [-0.2, -0.15) is 0 Å². The zero-order valence-electron chi connectivity index (χ0n) is 15.6. The lowest BCUT2D eigenvalue weighted by molar-refractivity contribution is 0.0932. The van der Waals surface area contributed by atoms with Crippen LogP contribution < -0.4 is 0 Å². The first-order chi connectivity index (χ1) is 11.3. The lowest BCUT2D eigenvalue weighted by atomic mass is 9.58. The minimum Gasteiger partial charge on any atom is -0.0707 e. The van der Waals surface area contributed by atoms with Gasteiger partial charge in [-0.15, -0.1) is 0 Å². The maximum Gasteiger partial charge on any atom is -0.0135 e. The molecule has 0 aromatic carbocycles. The van der Waals surface area contributed by atoms with E-state index in [1.54, 1.807) is 0 Å². The Hall–Kier alpha value is -0.520. The normalized spacial score (nSPS) is 31.6. The first kappa shape index (κ1) is 16.0. The van der Waals surface area contributed by atoms with Crippen molar-refractivity contribution in [1.29, 1.82) is 0 Å². The van der Waals surface area contributed by atoms with Crippen molar-refractivity contribution in [2.75, 3.05) is 0 Å². The molecular weight excluding hydrogens is 276 g/mol. The Bertz CT molecular complexity index is 470. The third-order valence-corrected chi connectivity index (χ3v) is 8.27. The molecule has 2 atom stereocenters. The minimum absolute atomic E-state index is 0.600. The molecule has 4 aliphatic rings. The Morgan fingerprint density at radius 2 is 1.09 bits per heavy atom. The molecule has 0 fully saturated rings. The fourth-order valence-corrected chi connectivity index (χ4v) is 7.13. The largest absolute Gasteiger partial charge is 0.0707 e. The van der Waals surface area contributed by atoms with Gasteiger partial charge in [0.05, 0.1) is 0 Å². The SMILES string of the molecule is CCC(CC)([C@H]1CCC2=C1CCCC2)[C@H]1CCC2=C1CCCC2. The molecule has 0 spiro atoms. The molecule has 0 saturated carbocycles. The van der Waals surface area contributed by atoms with E-state index in [0.29, 0.717) is 5.41 Å². The maximum absolute atomic E-state index is 2.52. The van der Waals surface area contributed by atoms with Gasteiger partial charge in [-0.05, 0) is 107 Å². The molecule has 0 bridgehead atoms. The van der Waals surface area contributed by atoms with Crippen LogP contribution >= 0.6 is 0 Å². The summed E-state index contributed by atoms with van der Waals surface area (Å²) in [7, 11) is 0. The van der Waals surface area contributed by atoms with Crippen LogP contribution in [0, 0.1) is 17.3 Å². The van der Waals surface area contributed by atoms with Gasteiger partial charge in [0, 0.05) is 0 Å². The highest BCUT2D eigenvalue weighted by Gasteiger charge is 2.49. The van der Waals surface area contributed by atoms with Crippen molar-refractivity contribution >= 4 is 0 Å². The Kier molecular flexibility index (Phi) is 4.45. The average molecular weight is 313 g/mol. The van der Waals surface area contributed by atoms with E-state index in [1.807, 2.05) is 22.3 Å². The smallest absolute Gasteiger partial charge is 0.0135 e. The van der Waals surface area contributed by atoms with Gasteiger partial charge in [-0.25, -0.2) is 0 Å². The Morgan fingerprint density at radius 3 is 1.52 bits per heavy atom. The van der Waals surface area contributed by atoms with Crippen molar-refractivity contribution in [2.24, 2.45) is 17.3 Å². The highest BCUT2D eigenvalue weighted by atomic mass is 14.5. The van der Waals surface area contributed by atoms with Gasteiger partial charge in [-0.3, -0.25) is 0 Å². The van der Waals surface area contributed by atoms with Gasteiger partial charge >= 0.3 is 0 Å². The lowest BCUT2D eigenvalue weighted by Crippen LogP contribution is -2.38. The van der Waals surface area contributed by atoms with Gasteiger partial charge in [0.25, 0.3) is 0 Å². The molecule has 0 radical (unpaired) electrons. The fraction of sp³-hybridized carbons (Fsp3) is 0.826. The van der Waals surface area contributed by atoms with Crippen molar-refractivity contribution in [1.82, 2.24) is 0 Å².